The zero-order valence-corrected chi connectivity index (χ0v) is 17.6. The molecule has 30 heavy (non-hydrogen) atoms. The number of phosphoric ester groups is 1. The van der Waals surface area contributed by atoms with Crippen molar-refractivity contribution in [3.05, 3.63) is 12.7 Å². The summed E-state index contributed by atoms with van der Waals surface area (Å²) in [6.45, 7) is -0.302. The number of anilines is 1. The van der Waals surface area contributed by atoms with Crippen LogP contribution in [0.15, 0.2) is 12.7 Å². The second-order valence-corrected chi connectivity index (χ2v) is 9.21. The summed E-state index contributed by atoms with van der Waals surface area (Å²) in [6.07, 6.45) is 2.95. The number of hydrogen-bond donors (Lipinski definition) is 3. The van der Waals surface area contributed by atoms with E-state index in [2.05, 4.69) is 20.3 Å². The van der Waals surface area contributed by atoms with E-state index < -0.39 is 32.4 Å². The van der Waals surface area contributed by atoms with Gasteiger partial charge in [0.1, 0.15) is 24.6 Å². The molecule has 13 heteroatoms. The fraction of sp³-hybridized carbons (Fsp3) is 0.706. The van der Waals surface area contributed by atoms with Crippen LogP contribution >= 0.6 is 7.82 Å². The Balaban J connectivity index is 1.52. The van der Waals surface area contributed by atoms with Gasteiger partial charge in [-0.1, -0.05) is 12.8 Å². The Hall–Kier alpha value is -1.66. The zero-order chi connectivity index (χ0) is 21.3. The number of imidazole rings is 1. The number of aliphatic hydroxyl groups is 2. The van der Waals surface area contributed by atoms with Gasteiger partial charge >= 0.3 is 7.82 Å². The second-order valence-electron chi connectivity index (χ2n) is 7.33. The van der Waals surface area contributed by atoms with Crippen molar-refractivity contribution in [2.75, 3.05) is 26.1 Å². The molecular formula is C17H26N5O7P. The van der Waals surface area contributed by atoms with Gasteiger partial charge in [-0.3, -0.25) is 18.1 Å². The lowest BCUT2D eigenvalue weighted by molar-refractivity contribution is -0.0514. The van der Waals surface area contributed by atoms with Crippen LogP contribution in [0.5, 0.6) is 0 Å². The van der Waals surface area contributed by atoms with Crippen molar-refractivity contribution >= 4 is 24.8 Å². The summed E-state index contributed by atoms with van der Waals surface area (Å²) in [4.78, 5) is 13.0. The predicted molar refractivity (Wildman–Crippen MR) is 105 cm³/mol. The summed E-state index contributed by atoms with van der Waals surface area (Å²) in [7, 11) is -1.38. The molecule has 1 aliphatic heterocycles. The highest BCUT2D eigenvalue weighted by Gasteiger charge is 2.45. The van der Waals surface area contributed by atoms with Gasteiger partial charge in [0.15, 0.2) is 23.2 Å². The van der Waals surface area contributed by atoms with Crippen LogP contribution in [0.4, 0.5) is 5.82 Å². The minimum atomic E-state index is -3.74. The predicted octanol–water partition coefficient (Wildman–Crippen LogP) is 1.22. The monoisotopic (exact) mass is 443 g/mol. The topological polar surface area (TPSA) is 150 Å². The maximum absolute atomic E-state index is 12.1. The van der Waals surface area contributed by atoms with Gasteiger partial charge in [-0.25, -0.2) is 19.5 Å². The second kappa shape index (κ2) is 8.83. The average molecular weight is 443 g/mol. The Bertz CT molecular complexity index is 913. The molecule has 0 amide bonds. The number of ether oxygens (including phenoxy) is 1. The van der Waals surface area contributed by atoms with Crippen LogP contribution in [-0.4, -0.2) is 74.9 Å². The molecule has 1 saturated carbocycles. The molecule has 2 fully saturated rings. The normalized spacial score (nSPS) is 27.9. The average Bonchev–Trinajstić information content (AvgIpc) is 3.48. The third-order valence-electron chi connectivity index (χ3n) is 5.51. The molecule has 2 aromatic heterocycles. The molecule has 0 aromatic carbocycles. The van der Waals surface area contributed by atoms with E-state index in [1.165, 1.54) is 44.3 Å². The molecular weight excluding hydrogens is 417 g/mol. The first-order chi connectivity index (χ1) is 14.5. The van der Waals surface area contributed by atoms with Crippen molar-refractivity contribution in [2.24, 2.45) is 0 Å². The van der Waals surface area contributed by atoms with Gasteiger partial charge in [-0.15, -0.1) is 0 Å². The summed E-state index contributed by atoms with van der Waals surface area (Å²) >= 11 is 0. The Morgan fingerprint density at radius 3 is 2.63 bits per heavy atom. The van der Waals surface area contributed by atoms with E-state index >= 15 is 0 Å². The minimum Gasteiger partial charge on any atom is -0.387 e. The first-order valence-electron chi connectivity index (χ1n) is 9.77. The third-order valence-corrected chi connectivity index (χ3v) is 6.87. The molecule has 0 radical (unpaired) electrons. The van der Waals surface area contributed by atoms with Crippen molar-refractivity contribution in [1.82, 2.24) is 19.5 Å². The van der Waals surface area contributed by atoms with Gasteiger partial charge in [0.2, 0.25) is 0 Å². The molecule has 1 saturated heterocycles. The minimum absolute atomic E-state index is 0.302. The number of aliphatic hydroxyl groups excluding tert-OH is 2. The zero-order valence-electron chi connectivity index (χ0n) is 16.7. The maximum Gasteiger partial charge on any atom is 0.474 e. The van der Waals surface area contributed by atoms with E-state index in [1.54, 1.807) is 0 Å². The summed E-state index contributed by atoms with van der Waals surface area (Å²) < 4.78 is 33.9. The van der Waals surface area contributed by atoms with Crippen molar-refractivity contribution in [2.45, 2.75) is 56.3 Å². The Labute approximate surface area is 173 Å². The van der Waals surface area contributed by atoms with Crippen molar-refractivity contribution in [3.8, 4) is 0 Å². The Kier molecular flexibility index (Phi) is 6.35. The number of nitrogens with zero attached hydrogens (tertiary/aromatic N) is 4. The molecule has 1 aliphatic carbocycles. The van der Waals surface area contributed by atoms with Crippen molar-refractivity contribution in [1.29, 1.82) is 0 Å². The van der Waals surface area contributed by atoms with Gasteiger partial charge < -0.3 is 20.3 Å². The highest BCUT2D eigenvalue weighted by molar-refractivity contribution is 7.48. The number of fused-ring (bicyclic) bond motifs is 1. The molecule has 4 rings (SSSR count). The fourth-order valence-corrected chi connectivity index (χ4v) is 4.54. The van der Waals surface area contributed by atoms with Gasteiger partial charge in [0, 0.05) is 20.3 Å². The Morgan fingerprint density at radius 2 is 1.93 bits per heavy atom. The lowest BCUT2D eigenvalue weighted by Gasteiger charge is -2.18. The number of phosphoric acid groups is 1. The van der Waals surface area contributed by atoms with E-state index in [0.717, 1.165) is 12.8 Å². The summed E-state index contributed by atoms with van der Waals surface area (Å²) in [5, 5.41) is 24.3. The number of rotatable bonds is 8. The van der Waals surface area contributed by atoms with Crippen LogP contribution in [0.3, 0.4) is 0 Å². The lowest BCUT2D eigenvalue weighted by atomic mass is 10.1. The molecule has 12 nitrogen and oxygen atoms in total. The van der Waals surface area contributed by atoms with Crippen LogP contribution in [0, 0.1) is 0 Å². The molecule has 0 spiro atoms. The van der Waals surface area contributed by atoms with E-state index in [4.69, 9.17) is 18.3 Å². The van der Waals surface area contributed by atoms with Gasteiger partial charge in [0.05, 0.1) is 12.9 Å². The highest BCUT2D eigenvalue weighted by Crippen LogP contribution is 2.48. The third kappa shape index (κ3) is 4.09. The quantitative estimate of drug-likeness (QED) is 0.505. The molecule has 2 aliphatic rings. The first kappa shape index (κ1) is 21.6. The number of nitrogens with one attached hydrogen (secondary N) is 1. The van der Waals surface area contributed by atoms with Crippen molar-refractivity contribution in [3.63, 3.8) is 0 Å². The van der Waals surface area contributed by atoms with Crippen LogP contribution in [-0.2, 0) is 22.9 Å². The standard InChI is InChI=1S/C17H26N5O7P/c1-26-30(25,27-2)28-7-11-13(23)14(24)17(29-11)22-9-20-12-15(18-8-19-16(12)22)21-10-5-3-4-6-10/h8-11,13-14,17,23-24H,3-7H2,1-2H3,(H,18,19,21)/t11-,13-,14-,17-/m1/s1. The smallest absolute Gasteiger partial charge is 0.387 e. The summed E-state index contributed by atoms with van der Waals surface area (Å²) in [6, 6.07) is 0.349. The van der Waals surface area contributed by atoms with Gasteiger partial charge in [-0.2, -0.15) is 0 Å². The molecule has 3 N–H and O–H groups in total. The molecule has 0 unspecified atom stereocenters. The highest BCUT2D eigenvalue weighted by atomic mass is 31.2. The summed E-state index contributed by atoms with van der Waals surface area (Å²) in [5.41, 5.74) is 1.01. The van der Waals surface area contributed by atoms with Crippen LogP contribution < -0.4 is 5.32 Å². The number of aromatic nitrogens is 4. The fourth-order valence-electron chi connectivity index (χ4n) is 3.85. The van der Waals surface area contributed by atoms with E-state index in [9.17, 15) is 14.8 Å². The van der Waals surface area contributed by atoms with Gasteiger partial charge in [-0.05, 0) is 12.8 Å². The molecule has 166 valence electrons. The molecule has 2 aromatic rings. The van der Waals surface area contributed by atoms with E-state index in [1.807, 2.05) is 0 Å². The van der Waals surface area contributed by atoms with Gasteiger partial charge in [0.25, 0.3) is 0 Å². The van der Waals surface area contributed by atoms with Crippen LogP contribution in [0.2, 0.25) is 0 Å². The first-order valence-corrected chi connectivity index (χ1v) is 11.2. The van der Waals surface area contributed by atoms with Crippen molar-refractivity contribution < 1.29 is 33.1 Å². The van der Waals surface area contributed by atoms with Crippen LogP contribution in [0.25, 0.3) is 11.2 Å². The SMILES string of the molecule is COP(=O)(OC)OC[C@H]1O[C@@H](n2cnc3c(NC4CCCC4)ncnc32)[C@H](O)[C@@H]1O. The number of hydrogen-bond acceptors (Lipinski definition) is 11. The van der Waals surface area contributed by atoms with E-state index in [-0.39, 0.29) is 6.61 Å². The maximum atomic E-state index is 12.1. The molecule has 4 atom stereocenters. The lowest BCUT2D eigenvalue weighted by Crippen LogP contribution is -2.33. The molecule has 3 heterocycles. The molecule has 0 bridgehead atoms. The van der Waals surface area contributed by atoms with Crippen LogP contribution in [0.1, 0.15) is 31.9 Å². The Morgan fingerprint density at radius 1 is 1.20 bits per heavy atom. The summed E-state index contributed by atoms with van der Waals surface area (Å²) in [5.74, 6) is 0.625. The largest absolute Gasteiger partial charge is 0.474 e. The van der Waals surface area contributed by atoms with E-state index in [0.29, 0.717) is 23.0 Å².